The number of nitrogens with one attached hydrogen (secondary N) is 1. The van der Waals surface area contributed by atoms with Crippen molar-refractivity contribution in [2.24, 2.45) is 5.11 Å². The Bertz CT molecular complexity index is 1200. The quantitative estimate of drug-likeness (QED) is 0.226. The Morgan fingerprint density at radius 1 is 1.09 bits per heavy atom. The maximum Gasteiger partial charge on any atom is 0.338 e. The first-order valence-electron chi connectivity index (χ1n) is 9.78. The van der Waals surface area contributed by atoms with Gasteiger partial charge in [-0.2, -0.15) is 0 Å². The average molecular weight is 435 g/mol. The molecule has 3 rings (SSSR count). The van der Waals surface area contributed by atoms with Gasteiger partial charge in [0.15, 0.2) is 0 Å². The van der Waals surface area contributed by atoms with Crippen LogP contribution < -0.4 is 11.2 Å². The fourth-order valence-corrected chi connectivity index (χ4v) is 2.89. The lowest BCUT2D eigenvalue weighted by Gasteiger charge is -2.17. The van der Waals surface area contributed by atoms with Crippen LogP contribution in [-0.2, 0) is 22.6 Å². The molecule has 0 aliphatic heterocycles. The molecule has 1 heterocycles. The summed E-state index contributed by atoms with van der Waals surface area (Å²) in [7, 11) is 0. The Morgan fingerprint density at radius 2 is 1.78 bits per heavy atom. The number of rotatable bonds is 10. The van der Waals surface area contributed by atoms with Crippen LogP contribution in [0.4, 0.5) is 0 Å². The van der Waals surface area contributed by atoms with Gasteiger partial charge in [0.2, 0.25) is 0 Å². The number of carbonyl (C=O) groups excluding carboxylic acids is 1. The van der Waals surface area contributed by atoms with Crippen LogP contribution in [0.5, 0.6) is 0 Å². The van der Waals surface area contributed by atoms with Crippen molar-refractivity contribution >= 4 is 5.97 Å². The highest BCUT2D eigenvalue weighted by Gasteiger charge is 2.15. The van der Waals surface area contributed by atoms with E-state index < -0.39 is 23.3 Å². The van der Waals surface area contributed by atoms with Crippen molar-refractivity contribution in [2.45, 2.75) is 19.3 Å². The average Bonchev–Trinajstić information content (AvgIpc) is 2.82. The first-order valence-corrected chi connectivity index (χ1v) is 9.78. The predicted octanol–water partition coefficient (Wildman–Crippen LogP) is 2.64. The lowest BCUT2D eigenvalue weighted by Crippen LogP contribution is -2.34. The van der Waals surface area contributed by atoms with Crippen molar-refractivity contribution in [1.29, 1.82) is 0 Å². The van der Waals surface area contributed by atoms with Crippen molar-refractivity contribution < 1.29 is 14.3 Å². The third-order valence-electron chi connectivity index (χ3n) is 4.53. The molecule has 0 saturated carbocycles. The summed E-state index contributed by atoms with van der Waals surface area (Å²) in [5.74, 6) is -0.550. The monoisotopic (exact) mass is 435 g/mol. The van der Waals surface area contributed by atoms with Crippen LogP contribution >= 0.6 is 0 Å². The number of H-pyrrole nitrogens is 1. The van der Waals surface area contributed by atoms with Gasteiger partial charge in [-0.05, 0) is 23.2 Å². The number of nitrogens with zero attached hydrogens (tertiary/aromatic N) is 4. The van der Waals surface area contributed by atoms with Crippen LogP contribution in [-0.4, -0.2) is 34.8 Å². The second kappa shape index (κ2) is 11.3. The number of ether oxygens (including phenoxy) is 2. The Labute approximate surface area is 182 Å². The first kappa shape index (κ1) is 22.5. The van der Waals surface area contributed by atoms with Gasteiger partial charge in [0.1, 0.15) is 13.3 Å². The van der Waals surface area contributed by atoms with Gasteiger partial charge in [0.25, 0.3) is 5.56 Å². The maximum absolute atomic E-state index is 12.2. The third kappa shape index (κ3) is 6.43. The number of aromatic nitrogens is 2. The zero-order chi connectivity index (χ0) is 22.8. The molecule has 1 unspecified atom stereocenters. The summed E-state index contributed by atoms with van der Waals surface area (Å²) >= 11 is 0. The van der Waals surface area contributed by atoms with Gasteiger partial charge in [0, 0.05) is 23.1 Å². The molecule has 164 valence electrons. The first-order chi connectivity index (χ1) is 15.6. The van der Waals surface area contributed by atoms with E-state index >= 15 is 0 Å². The molecule has 10 nitrogen and oxygen atoms in total. The van der Waals surface area contributed by atoms with E-state index in [4.69, 9.17) is 15.0 Å². The van der Waals surface area contributed by atoms with Crippen molar-refractivity contribution in [3.63, 3.8) is 0 Å². The normalized spacial score (nSPS) is 11.4. The number of carbonyl (C=O) groups is 1. The summed E-state index contributed by atoms with van der Waals surface area (Å²) in [6.07, 6.45) is 0.983. The van der Waals surface area contributed by atoms with Gasteiger partial charge in [0.05, 0.1) is 18.2 Å². The van der Waals surface area contributed by atoms with Crippen molar-refractivity contribution in [3.8, 4) is 0 Å². The van der Waals surface area contributed by atoms with Gasteiger partial charge >= 0.3 is 11.7 Å². The minimum Gasteiger partial charge on any atom is -0.459 e. The van der Waals surface area contributed by atoms with E-state index in [-0.39, 0.29) is 19.9 Å². The summed E-state index contributed by atoms with van der Waals surface area (Å²) in [6, 6.07) is 17.8. The fourth-order valence-electron chi connectivity index (χ4n) is 2.89. The van der Waals surface area contributed by atoms with Crippen molar-refractivity contribution in [3.05, 3.63) is 115 Å². The molecular weight excluding hydrogens is 414 g/mol. The van der Waals surface area contributed by atoms with Gasteiger partial charge < -0.3 is 9.47 Å². The molecule has 3 aromatic rings. The molecule has 10 heteroatoms. The van der Waals surface area contributed by atoms with Crippen LogP contribution in [0.2, 0.25) is 0 Å². The van der Waals surface area contributed by atoms with Gasteiger partial charge in [-0.3, -0.25) is 14.3 Å². The number of azide groups is 1. The van der Waals surface area contributed by atoms with E-state index in [0.29, 0.717) is 17.5 Å². The van der Waals surface area contributed by atoms with Crippen molar-refractivity contribution in [1.82, 2.24) is 9.55 Å². The standard InChI is InChI=1S/C22H21N5O5/c23-26-24-12-19(14-31-21(29)17-9-5-2-6-10-17)32-15-27-13-18(20(28)25-22(27)30)11-16-7-3-1-4-8-16/h1-10,13,19H,11-12,14-15H2,(H,25,28,30). The summed E-state index contributed by atoms with van der Waals surface area (Å²) in [6.45, 7) is -0.513. The molecule has 0 fully saturated rings. The highest BCUT2D eigenvalue weighted by molar-refractivity contribution is 5.89. The Morgan fingerprint density at radius 3 is 2.47 bits per heavy atom. The summed E-state index contributed by atoms with van der Waals surface area (Å²) in [5.41, 5.74) is 9.17. The van der Waals surface area contributed by atoms with Crippen molar-refractivity contribution in [2.75, 3.05) is 13.2 Å². The van der Waals surface area contributed by atoms with Crippen LogP contribution in [0.15, 0.2) is 81.6 Å². The topological polar surface area (TPSA) is 139 Å². The minimum atomic E-state index is -0.782. The van der Waals surface area contributed by atoms with Crippen LogP contribution in [0.25, 0.3) is 10.4 Å². The Balaban J connectivity index is 1.67. The minimum absolute atomic E-state index is 0.104. The molecular formula is C22H21N5O5. The number of hydrogen-bond donors (Lipinski definition) is 1. The Hall–Kier alpha value is -4.14. The largest absolute Gasteiger partial charge is 0.459 e. The Kier molecular flexibility index (Phi) is 7.96. The smallest absolute Gasteiger partial charge is 0.338 e. The maximum atomic E-state index is 12.2. The molecule has 0 aliphatic rings. The number of aromatic amines is 1. The van der Waals surface area contributed by atoms with Gasteiger partial charge in [-0.1, -0.05) is 53.6 Å². The molecule has 1 aromatic heterocycles. The zero-order valence-electron chi connectivity index (χ0n) is 17.1. The molecule has 0 spiro atoms. The SMILES string of the molecule is [N-]=[N+]=NCC(COC(=O)c1ccccc1)OCn1cc(Cc2ccccc2)c(=O)[nH]c1=O. The van der Waals surface area contributed by atoms with Crippen LogP contribution in [0.1, 0.15) is 21.5 Å². The molecule has 1 N–H and O–H groups in total. The molecule has 0 amide bonds. The summed E-state index contributed by atoms with van der Waals surface area (Å²) in [5, 5.41) is 3.46. The third-order valence-corrected chi connectivity index (χ3v) is 4.53. The molecule has 32 heavy (non-hydrogen) atoms. The second-order valence-corrected chi connectivity index (χ2v) is 6.84. The van der Waals surface area contributed by atoms with Crippen LogP contribution in [0.3, 0.4) is 0 Å². The molecule has 0 saturated heterocycles. The second-order valence-electron chi connectivity index (χ2n) is 6.84. The van der Waals surface area contributed by atoms with E-state index in [1.807, 2.05) is 30.3 Å². The zero-order valence-corrected chi connectivity index (χ0v) is 17.1. The molecule has 0 radical (unpaired) electrons. The van der Waals surface area contributed by atoms with E-state index in [1.165, 1.54) is 10.8 Å². The van der Waals surface area contributed by atoms with Gasteiger partial charge in [-0.25, -0.2) is 9.59 Å². The number of benzene rings is 2. The summed E-state index contributed by atoms with van der Waals surface area (Å²) < 4.78 is 12.1. The lowest BCUT2D eigenvalue weighted by atomic mass is 10.1. The number of hydrogen-bond acceptors (Lipinski definition) is 6. The van der Waals surface area contributed by atoms with E-state index in [2.05, 4.69) is 15.0 Å². The van der Waals surface area contributed by atoms with Gasteiger partial charge in [-0.15, -0.1) is 0 Å². The van der Waals surface area contributed by atoms with E-state index in [1.54, 1.807) is 30.3 Å². The molecule has 0 aliphatic carbocycles. The number of esters is 1. The molecule has 1 atom stereocenters. The van der Waals surface area contributed by atoms with Crippen LogP contribution in [0, 0.1) is 0 Å². The van der Waals surface area contributed by atoms with E-state index in [0.717, 1.165) is 5.56 Å². The van der Waals surface area contributed by atoms with E-state index in [9.17, 15) is 14.4 Å². The molecule has 2 aromatic carbocycles. The summed E-state index contributed by atoms with van der Waals surface area (Å²) in [4.78, 5) is 41.4. The highest BCUT2D eigenvalue weighted by Crippen LogP contribution is 2.06. The molecule has 0 bridgehead atoms. The predicted molar refractivity (Wildman–Crippen MR) is 116 cm³/mol. The lowest BCUT2D eigenvalue weighted by molar-refractivity contribution is -0.0314. The fraction of sp³-hybridized carbons (Fsp3) is 0.227. The highest BCUT2D eigenvalue weighted by atomic mass is 16.6.